The van der Waals surface area contributed by atoms with E-state index in [-0.39, 0.29) is 34.2 Å². The van der Waals surface area contributed by atoms with Crippen molar-refractivity contribution in [1.29, 1.82) is 0 Å². The monoisotopic (exact) mass is 401 g/mol. The molecule has 1 amide bonds. The van der Waals surface area contributed by atoms with Crippen LogP contribution in [0.2, 0.25) is 5.02 Å². The van der Waals surface area contributed by atoms with Crippen molar-refractivity contribution in [2.45, 2.75) is 26.8 Å². The second-order valence-corrected chi connectivity index (χ2v) is 7.08. The van der Waals surface area contributed by atoms with Gasteiger partial charge in [-0.05, 0) is 38.5 Å². The van der Waals surface area contributed by atoms with E-state index in [0.717, 1.165) is 11.1 Å². The van der Waals surface area contributed by atoms with Crippen molar-refractivity contribution in [3.05, 3.63) is 75.7 Å². The molecule has 28 heavy (non-hydrogen) atoms. The summed E-state index contributed by atoms with van der Waals surface area (Å²) >= 11 is 6.09. The minimum absolute atomic E-state index is 0.116. The number of hydrogen-bond donors (Lipinski definition) is 1. The molecule has 0 radical (unpaired) electrons. The molecule has 3 rings (SSSR count). The zero-order valence-corrected chi connectivity index (χ0v) is 16.8. The van der Waals surface area contributed by atoms with Crippen LogP contribution in [0.5, 0.6) is 11.6 Å². The third-order valence-corrected chi connectivity index (χ3v) is 4.73. The van der Waals surface area contributed by atoms with Gasteiger partial charge in [0.1, 0.15) is 11.4 Å². The lowest BCUT2D eigenvalue weighted by molar-refractivity contribution is 0.0936. The van der Waals surface area contributed by atoms with Gasteiger partial charge >= 0.3 is 0 Å². The predicted octanol–water partition coefficient (Wildman–Crippen LogP) is 5.11. The van der Waals surface area contributed by atoms with E-state index in [2.05, 4.69) is 10.4 Å². The molecule has 2 aromatic carbocycles. The molecule has 0 aliphatic heterocycles. The second kappa shape index (κ2) is 8.02. The summed E-state index contributed by atoms with van der Waals surface area (Å²) in [5.41, 5.74) is 2.91. The lowest BCUT2D eigenvalue weighted by atomic mass is 10.1. The molecule has 1 unspecified atom stereocenters. The Morgan fingerprint density at radius 3 is 2.57 bits per heavy atom. The molecule has 146 valence electrons. The molecular weight excluding hydrogens is 381 g/mol. The third kappa shape index (κ3) is 4.17. The van der Waals surface area contributed by atoms with E-state index in [1.165, 1.54) is 22.9 Å². The number of halogens is 2. The first-order valence-corrected chi connectivity index (χ1v) is 9.18. The Hall–Kier alpha value is -2.86. The summed E-state index contributed by atoms with van der Waals surface area (Å²) in [7, 11) is 1.65. The number of nitrogens with one attached hydrogen (secondary N) is 1. The molecule has 0 saturated carbocycles. The molecule has 0 fully saturated rings. The van der Waals surface area contributed by atoms with Gasteiger partial charge in [0, 0.05) is 13.1 Å². The number of hydrogen-bond acceptors (Lipinski definition) is 3. The molecule has 3 aromatic rings. The van der Waals surface area contributed by atoms with Gasteiger partial charge in [-0.1, -0.05) is 41.4 Å². The Morgan fingerprint density at radius 2 is 1.89 bits per heavy atom. The van der Waals surface area contributed by atoms with E-state index in [4.69, 9.17) is 16.3 Å². The van der Waals surface area contributed by atoms with Gasteiger partial charge in [0.25, 0.3) is 5.91 Å². The molecule has 0 aliphatic rings. The maximum Gasteiger partial charge on any atom is 0.259 e. The summed E-state index contributed by atoms with van der Waals surface area (Å²) in [6.07, 6.45) is 0. The Bertz CT molecular complexity index is 1020. The number of aromatic nitrogens is 2. The van der Waals surface area contributed by atoms with E-state index < -0.39 is 5.82 Å². The van der Waals surface area contributed by atoms with E-state index in [1.54, 1.807) is 14.0 Å². The summed E-state index contributed by atoms with van der Waals surface area (Å²) in [5, 5.41) is 7.46. The molecule has 5 nitrogen and oxygen atoms in total. The van der Waals surface area contributed by atoms with Crippen LogP contribution in [0.3, 0.4) is 0 Å². The SMILES string of the molecule is Cc1ccc(C(C)NC(=O)c2c(C)nn(C)c2Oc2cc(F)ccc2Cl)cc1. The van der Waals surface area contributed by atoms with E-state index in [0.29, 0.717) is 5.69 Å². The molecule has 7 heteroatoms. The van der Waals surface area contributed by atoms with Gasteiger partial charge in [0.2, 0.25) is 5.88 Å². The van der Waals surface area contributed by atoms with Crippen LogP contribution in [0, 0.1) is 19.7 Å². The van der Waals surface area contributed by atoms with Gasteiger partial charge in [-0.25, -0.2) is 9.07 Å². The van der Waals surface area contributed by atoms with E-state index >= 15 is 0 Å². The number of nitrogens with zero attached hydrogens (tertiary/aromatic N) is 2. The van der Waals surface area contributed by atoms with Crippen LogP contribution >= 0.6 is 11.6 Å². The molecule has 1 heterocycles. The van der Waals surface area contributed by atoms with Gasteiger partial charge in [-0.2, -0.15) is 5.10 Å². The highest BCUT2D eigenvalue weighted by Gasteiger charge is 2.24. The summed E-state index contributed by atoms with van der Waals surface area (Å²) in [4.78, 5) is 12.9. The van der Waals surface area contributed by atoms with Crippen molar-refractivity contribution in [3.8, 4) is 11.6 Å². The normalized spacial score (nSPS) is 11.9. The average molecular weight is 402 g/mol. The largest absolute Gasteiger partial charge is 0.437 e. The molecule has 0 spiro atoms. The van der Waals surface area contributed by atoms with Crippen LogP contribution in [-0.4, -0.2) is 15.7 Å². The van der Waals surface area contributed by atoms with Gasteiger partial charge < -0.3 is 10.1 Å². The Balaban J connectivity index is 1.88. The summed E-state index contributed by atoms with van der Waals surface area (Å²) in [5.74, 6) is -0.512. The van der Waals surface area contributed by atoms with Crippen LogP contribution < -0.4 is 10.1 Å². The summed E-state index contributed by atoms with van der Waals surface area (Å²) in [6.45, 7) is 5.62. The summed E-state index contributed by atoms with van der Waals surface area (Å²) in [6, 6.07) is 11.5. The number of aryl methyl sites for hydroxylation is 3. The first-order valence-electron chi connectivity index (χ1n) is 8.80. The van der Waals surface area contributed by atoms with Crippen LogP contribution in [0.25, 0.3) is 0 Å². The Morgan fingerprint density at radius 1 is 1.21 bits per heavy atom. The van der Waals surface area contributed by atoms with Crippen molar-refractivity contribution in [3.63, 3.8) is 0 Å². The van der Waals surface area contributed by atoms with Crippen LogP contribution in [0.4, 0.5) is 4.39 Å². The smallest absolute Gasteiger partial charge is 0.259 e. The maximum absolute atomic E-state index is 13.6. The molecule has 1 aromatic heterocycles. The van der Waals surface area contributed by atoms with E-state index in [1.807, 2.05) is 38.1 Å². The van der Waals surface area contributed by atoms with Crippen LogP contribution in [0.15, 0.2) is 42.5 Å². The number of carbonyl (C=O) groups excluding carboxylic acids is 1. The van der Waals surface area contributed by atoms with Gasteiger partial charge in [0.05, 0.1) is 16.8 Å². The highest BCUT2D eigenvalue weighted by Crippen LogP contribution is 2.33. The zero-order valence-electron chi connectivity index (χ0n) is 16.1. The average Bonchev–Trinajstić information content (AvgIpc) is 2.92. The van der Waals surface area contributed by atoms with Gasteiger partial charge in [-0.3, -0.25) is 4.79 Å². The zero-order chi connectivity index (χ0) is 20.4. The number of amides is 1. The highest BCUT2D eigenvalue weighted by atomic mass is 35.5. The van der Waals surface area contributed by atoms with Gasteiger partial charge in [0.15, 0.2) is 5.75 Å². The third-order valence-electron chi connectivity index (χ3n) is 4.42. The molecule has 0 aliphatic carbocycles. The number of ether oxygens (including phenoxy) is 1. The minimum atomic E-state index is -0.489. The lowest BCUT2D eigenvalue weighted by Gasteiger charge is -2.15. The van der Waals surface area contributed by atoms with Crippen molar-refractivity contribution >= 4 is 17.5 Å². The molecule has 1 atom stereocenters. The number of carbonyl (C=O) groups is 1. The maximum atomic E-state index is 13.6. The van der Waals surface area contributed by atoms with Gasteiger partial charge in [-0.15, -0.1) is 0 Å². The first kappa shape index (κ1) is 19.9. The standard InChI is InChI=1S/C21H21ClFN3O2/c1-12-5-7-15(8-6-12)13(2)24-20(27)19-14(3)25-26(4)21(19)28-18-11-16(23)9-10-17(18)22/h5-11,13H,1-4H3,(H,24,27). The minimum Gasteiger partial charge on any atom is -0.437 e. The predicted molar refractivity (Wildman–Crippen MR) is 106 cm³/mol. The Kier molecular flexibility index (Phi) is 5.70. The molecular formula is C21H21ClFN3O2. The fourth-order valence-corrected chi connectivity index (χ4v) is 3.04. The molecule has 0 bridgehead atoms. The van der Waals surface area contributed by atoms with Crippen molar-refractivity contribution in [2.24, 2.45) is 7.05 Å². The highest BCUT2D eigenvalue weighted by molar-refractivity contribution is 6.32. The van der Waals surface area contributed by atoms with Crippen molar-refractivity contribution in [1.82, 2.24) is 15.1 Å². The first-order chi connectivity index (χ1) is 13.3. The van der Waals surface area contributed by atoms with E-state index in [9.17, 15) is 9.18 Å². The van der Waals surface area contributed by atoms with Crippen LogP contribution in [0.1, 0.15) is 40.1 Å². The number of benzene rings is 2. The van der Waals surface area contributed by atoms with Crippen LogP contribution in [-0.2, 0) is 7.05 Å². The molecule has 1 N–H and O–H groups in total. The quantitative estimate of drug-likeness (QED) is 0.646. The fraction of sp³-hybridized carbons (Fsp3) is 0.238. The second-order valence-electron chi connectivity index (χ2n) is 6.67. The Labute approximate surface area is 168 Å². The lowest BCUT2D eigenvalue weighted by Crippen LogP contribution is -2.27. The molecule has 0 saturated heterocycles. The number of rotatable bonds is 5. The van der Waals surface area contributed by atoms with Crippen molar-refractivity contribution < 1.29 is 13.9 Å². The fourth-order valence-electron chi connectivity index (χ4n) is 2.88. The topological polar surface area (TPSA) is 56.2 Å². The van der Waals surface area contributed by atoms with Crippen molar-refractivity contribution in [2.75, 3.05) is 0 Å². The summed E-state index contributed by atoms with van der Waals surface area (Å²) < 4.78 is 20.8.